The molecule has 1 aromatic heterocycles. The maximum Gasteiger partial charge on any atom is 0.226 e. The maximum absolute atomic E-state index is 12.0. The first-order valence-corrected chi connectivity index (χ1v) is 8.25. The molecular weight excluding hydrogens is 312 g/mol. The molecule has 6 heteroatoms. The van der Waals surface area contributed by atoms with E-state index in [2.05, 4.69) is 29.2 Å². The van der Waals surface area contributed by atoms with Gasteiger partial charge in [0.1, 0.15) is 0 Å². The Labute approximate surface area is 142 Å². The van der Waals surface area contributed by atoms with Gasteiger partial charge >= 0.3 is 0 Å². The van der Waals surface area contributed by atoms with Gasteiger partial charge in [-0.2, -0.15) is 5.10 Å². The Balaban J connectivity index is 1.87. The van der Waals surface area contributed by atoms with E-state index in [1.54, 1.807) is 10.9 Å². The van der Waals surface area contributed by atoms with E-state index in [9.17, 15) is 4.79 Å². The number of benzene rings is 1. The Morgan fingerprint density at radius 1 is 1.26 bits per heavy atom. The molecular formula is C17H23ClN4O. The summed E-state index contributed by atoms with van der Waals surface area (Å²) in [5, 5.41) is 7.77. The number of amides is 1. The number of hydrogen-bond acceptors (Lipinski definition) is 3. The molecule has 23 heavy (non-hydrogen) atoms. The van der Waals surface area contributed by atoms with Crippen LogP contribution in [0.15, 0.2) is 30.5 Å². The zero-order valence-corrected chi connectivity index (χ0v) is 14.6. The second-order valence-electron chi connectivity index (χ2n) is 5.34. The highest BCUT2D eigenvalue weighted by Gasteiger charge is 2.07. The number of carbonyl (C=O) groups excluding carboxylic acids is 1. The zero-order chi connectivity index (χ0) is 16.8. The fourth-order valence-electron chi connectivity index (χ4n) is 2.39. The van der Waals surface area contributed by atoms with Gasteiger partial charge in [-0.3, -0.25) is 9.48 Å². The minimum atomic E-state index is -0.0372. The van der Waals surface area contributed by atoms with E-state index < -0.39 is 0 Å². The molecule has 1 aromatic carbocycles. The predicted molar refractivity (Wildman–Crippen MR) is 95.2 cm³/mol. The third kappa shape index (κ3) is 4.73. The third-order valence-corrected chi connectivity index (χ3v) is 4.11. The van der Waals surface area contributed by atoms with Crippen molar-refractivity contribution in [3.8, 4) is 0 Å². The van der Waals surface area contributed by atoms with Gasteiger partial charge < -0.3 is 10.2 Å². The average molecular weight is 335 g/mol. The lowest BCUT2D eigenvalue weighted by atomic mass is 10.2. The number of aryl methyl sites for hydroxylation is 2. The summed E-state index contributed by atoms with van der Waals surface area (Å²) in [6.07, 6.45) is 2.10. The van der Waals surface area contributed by atoms with Crippen molar-refractivity contribution >= 4 is 28.9 Å². The van der Waals surface area contributed by atoms with Gasteiger partial charge in [-0.25, -0.2) is 0 Å². The lowest BCUT2D eigenvalue weighted by molar-refractivity contribution is -0.116. The van der Waals surface area contributed by atoms with Gasteiger partial charge in [-0.15, -0.1) is 0 Å². The number of nitrogens with zero attached hydrogens (tertiary/aromatic N) is 3. The smallest absolute Gasteiger partial charge is 0.226 e. The van der Waals surface area contributed by atoms with Crippen LogP contribution in [0.3, 0.4) is 0 Å². The summed E-state index contributed by atoms with van der Waals surface area (Å²) in [5.74, 6) is -0.0372. The fraction of sp³-hybridized carbons (Fsp3) is 0.412. The van der Waals surface area contributed by atoms with E-state index in [1.807, 2.05) is 31.2 Å². The van der Waals surface area contributed by atoms with Gasteiger partial charge in [0.2, 0.25) is 5.91 Å². The lowest BCUT2D eigenvalue weighted by Crippen LogP contribution is -2.21. The number of nitrogens with one attached hydrogen (secondary N) is 1. The van der Waals surface area contributed by atoms with Gasteiger partial charge in [0.15, 0.2) is 0 Å². The summed E-state index contributed by atoms with van der Waals surface area (Å²) in [4.78, 5) is 14.3. The van der Waals surface area contributed by atoms with Crippen LogP contribution in [0.4, 0.5) is 11.4 Å². The van der Waals surface area contributed by atoms with Gasteiger partial charge in [-0.1, -0.05) is 11.6 Å². The number of hydrogen-bond donors (Lipinski definition) is 1. The Bertz CT molecular complexity index is 628. The molecule has 0 aliphatic heterocycles. The normalized spacial score (nSPS) is 10.6. The summed E-state index contributed by atoms with van der Waals surface area (Å²) < 4.78 is 1.70. The summed E-state index contributed by atoms with van der Waals surface area (Å²) >= 11 is 5.95. The number of aromatic nitrogens is 2. The molecule has 0 aliphatic carbocycles. The van der Waals surface area contributed by atoms with Crippen molar-refractivity contribution in [2.24, 2.45) is 0 Å². The van der Waals surface area contributed by atoms with Crippen LogP contribution in [-0.4, -0.2) is 28.8 Å². The highest BCUT2D eigenvalue weighted by molar-refractivity contribution is 6.31. The summed E-state index contributed by atoms with van der Waals surface area (Å²) in [6, 6.07) is 7.92. The molecule has 0 fully saturated rings. The second-order valence-corrected chi connectivity index (χ2v) is 5.75. The van der Waals surface area contributed by atoms with E-state index in [1.165, 1.54) is 0 Å². The van der Waals surface area contributed by atoms with Crippen LogP contribution < -0.4 is 10.2 Å². The largest absolute Gasteiger partial charge is 0.372 e. The molecule has 1 heterocycles. The van der Waals surface area contributed by atoms with E-state index in [0.717, 1.165) is 30.2 Å². The fourth-order valence-corrected chi connectivity index (χ4v) is 2.54. The molecule has 0 aliphatic rings. The van der Waals surface area contributed by atoms with Crippen molar-refractivity contribution in [1.82, 2.24) is 9.78 Å². The maximum atomic E-state index is 12.0. The first-order chi connectivity index (χ1) is 11.0. The molecule has 0 saturated heterocycles. The second kappa shape index (κ2) is 8.02. The molecule has 0 spiro atoms. The van der Waals surface area contributed by atoms with E-state index in [0.29, 0.717) is 18.0 Å². The first-order valence-electron chi connectivity index (χ1n) is 7.88. The van der Waals surface area contributed by atoms with Gasteiger partial charge in [0.25, 0.3) is 0 Å². The zero-order valence-electron chi connectivity index (χ0n) is 13.8. The molecule has 0 bridgehead atoms. The highest BCUT2D eigenvalue weighted by Crippen LogP contribution is 2.18. The molecule has 124 valence electrons. The molecule has 0 unspecified atom stereocenters. The van der Waals surface area contributed by atoms with Crippen LogP contribution >= 0.6 is 11.6 Å². The molecule has 5 nitrogen and oxygen atoms in total. The van der Waals surface area contributed by atoms with E-state index in [4.69, 9.17) is 11.6 Å². The van der Waals surface area contributed by atoms with Crippen LogP contribution in [0.5, 0.6) is 0 Å². The van der Waals surface area contributed by atoms with Crippen molar-refractivity contribution in [2.45, 2.75) is 33.7 Å². The Morgan fingerprint density at radius 2 is 1.91 bits per heavy atom. The SMILES string of the molecule is CCN(CC)c1ccc(NC(=O)CCn2cc(Cl)c(C)n2)cc1. The minimum Gasteiger partial charge on any atom is -0.372 e. The van der Waals surface area contributed by atoms with E-state index >= 15 is 0 Å². The topological polar surface area (TPSA) is 50.2 Å². The van der Waals surface area contributed by atoms with E-state index in [-0.39, 0.29) is 5.91 Å². The van der Waals surface area contributed by atoms with Crippen molar-refractivity contribution in [3.63, 3.8) is 0 Å². The van der Waals surface area contributed by atoms with Gasteiger partial charge in [0.05, 0.1) is 10.7 Å². The van der Waals surface area contributed by atoms with Crippen LogP contribution in [-0.2, 0) is 11.3 Å². The summed E-state index contributed by atoms with van der Waals surface area (Å²) in [5.41, 5.74) is 2.74. The van der Waals surface area contributed by atoms with Crippen molar-refractivity contribution in [3.05, 3.63) is 41.2 Å². The number of carbonyl (C=O) groups is 1. The quantitative estimate of drug-likeness (QED) is 0.839. The summed E-state index contributed by atoms with van der Waals surface area (Å²) in [7, 11) is 0. The average Bonchev–Trinajstić information content (AvgIpc) is 2.87. The molecule has 2 rings (SSSR count). The molecule has 2 aromatic rings. The standard InChI is InChI=1S/C17H23ClN4O/c1-4-21(5-2)15-8-6-14(7-9-15)19-17(23)10-11-22-12-16(18)13(3)20-22/h6-9,12H,4-5,10-11H2,1-3H3,(H,19,23). The van der Waals surface area contributed by atoms with Crippen molar-refractivity contribution < 1.29 is 4.79 Å². The minimum absolute atomic E-state index is 0.0372. The molecule has 1 N–H and O–H groups in total. The molecule has 0 saturated carbocycles. The molecule has 1 amide bonds. The molecule has 0 radical (unpaired) electrons. The van der Waals surface area contributed by atoms with Crippen LogP contribution in [0.2, 0.25) is 5.02 Å². The predicted octanol–water partition coefficient (Wildman–Crippen LogP) is 3.72. The Kier molecular flexibility index (Phi) is 6.04. The molecule has 0 atom stereocenters. The Morgan fingerprint density at radius 3 is 2.43 bits per heavy atom. The van der Waals surface area contributed by atoms with Gasteiger partial charge in [-0.05, 0) is 45.0 Å². The third-order valence-electron chi connectivity index (χ3n) is 3.73. The Hall–Kier alpha value is -2.01. The lowest BCUT2D eigenvalue weighted by Gasteiger charge is -2.21. The number of halogens is 1. The van der Waals surface area contributed by atoms with Gasteiger partial charge in [0, 0.05) is 43.6 Å². The highest BCUT2D eigenvalue weighted by atomic mass is 35.5. The summed E-state index contributed by atoms with van der Waals surface area (Å²) in [6.45, 7) is 8.54. The van der Waals surface area contributed by atoms with Crippen LogP contribution in [0, 0.1) is 6.92 Å². The van der Waals surface area contributed by atoms with Crippen LogP contribution in [0.1, 0.15) is 26.0 Å². The van der Waals surface area contributed by atoms with Crippen molar-refractivity contribution in [2.75, 3.05) is 23.3 Å². The van der Waals surface area contributed by atoms with Crippen molar-refractivity contribution in [1.29, 1.82) is 0 Å². The first kappa shape index (κ1) is 17.3. The number of rotatable bonds is 7. The number of anilines is 2. The van der Waals surface area contributed by atoms with Crippen LogP contribution in [0.25, 0.3) is 0 Å². The monoisotopic (exact) mass is 334 g/mol.